The molecule has 4 aromatic rings. The maximum absolute atomic E-state index is 13.0. The first-order chi connectivity index (χ1) is 17.8. The van der Waals surface area contributed by atoms with Gasteiger partial charge in [-0.25, -0.2) is 19.9 Å². The summed E-state index contributed by atoms with van der Waals surface area (Å²) in [6.45, 7) is 0.275. The molecule has 0 atom stereocenters. The molecule has 8 nitrogen and oxygen atoms in total. The summed E-state index contributed by atoms with van der Waals surface area (Å²) in [4.78, 5) is 31.9. The molecule has 1 amide bonds. The number of rotatable bonds is 6. The predicted molar refractivity (Wildman–Crippen MR) is 130 cm³/mol. The van der Waals surface area contributed by atoms with Crippen molar-refractivity contribution in [3.05, 3.63) is 71.8 Å². The zero-order valence-corrected chi connectivity index (χ0v) is 19.8. The summed E-state index contributed by atoms with van der Waals surface area (Å²) in [7, 11) is 1.52. The lowest BCUT2D eigenvalue weighted by Crippen LogP contribution is -2.26. The van der Waals surface area contributed by atoms with E-state index in [1.807, 2.05) is 12.1 Å². The molecule has 1 aliphatic carbocycles. The maximum Gasteiger partial charge on any atom is 0.434 e. The molecule has 0 unspecified atom stereocenters. The highest BCUT2D eigenvalue weighted by Gasteiger charge is 2.35. The molecule has 37 heavy (non-hydrogen) atoms. The van der Waals surface area contributed by atoms with Crippen LogP contribution in [0.5, 0.6) is 0 Å². The first-order valence-electron chi connectivity index (χ1n) is 11.8. The van der Waals surface area contributed by atoms with Crippen molar-refractivity contribution in [2.45, 2.75) is 38.0 Å². The number of halogens is 3. The standard InChI is InChI=1S/C26H22F3N7O/c1-35-14-20(26(27,28)29)33-24(35)16-6-4-15(5-7-16)13-36-21(37)11-17-12-31-23(34-25(17)36)19-3-2-10-30-22(19)32-18-8-9-18/h2-7,10,12,14,18H,8-9,11,13H2,1H3,(H,30,32). The number of aryl methyl sites for hydroxylation is 1. The lowest BCUT2D eigenvalue weighted by atomic mass is 10.1. The molecule has 3 aromatic heterocycles. The largest absolute Gasteiger partial charge is 0.434 e. The SMILES string of the molecule is Cn1cc(C(F)(F)F)nc1-c1ccc(CN2C(=O)Cc3cnc(-c4cccnc4NC4CC4)nc32)cc1. The van der Waals surface area contributed by atoms with Crippen molar-refractivity contribution in [2.24, 2.45) is 7.05 Å². The van der Waals surface area contributed by atoms with Gasteiger partial charge in [-0.1, -0.05) is 24.3 Å². The molecule has 1 aliphatic heterocycles. The molecule has 0 saturated heterocycles. The minimum atomic E-state index is -4.51. The molecule has 6 rings (SSSR count). The third kappa shape index (κ3) is 4.52. The minimum absolute atomic E-state index is 0.0908. The summed E-state index contributed by atoms with van der Waals surface area (Å²) in [5, 5.41) is 3.40. The number of nitrogens with one attached hydrogen (secondary N) is 1. The molecule has 0 bridgehead atoms. The minimum Gasteiger partial charge on any atom is -0.367 e. The smallest absolute Gasteiger partial charge is 0.367 e. The Balaban J connectivity index is 1.25. The van der Waals surface area contributed by atoms with Gasteiger partial charge in [-0.2, -0.15) is 13.2 Å². The predicted octanol–water partition coefficient (Wildman–Crippen LogP) is 4.62. The highest BCUT2D eigenvalue weighted by molar-refractivity contribution is 6.00. The van der Waals surface area contributed by atoms with Gasteiger partial charge in [0.25, 0.3) is 0 Å². The number of fused-ring (bicyclic) bond motifs is 1. The van der Waals surface area contributed by atoms with Crippen LogP contribution in [-0.2, 0) is 31.0 Å². The van der Waals surface area contributed by atoms with E-state index in [1.165, 1.54) is 11.6 Å². The van der Waals surface area contributed by atoms with Crippen LogP contribution in [0.25, 0.3) is 22.8 Å². The van der Waals surface area contributed by atoms with Crippen LogP contribution in [0.2, 0.25) is 0 Å². The van der Waals surface area contributed by atoms with Crippen LogP contribution in [-0.4, -0.2) is 36.5 Å². The van der Waals surface area contributed by atoms with Gasteiger partial charge in [0.15, 0.2) is 11.5 Å². The van der Waals surface area contributed by atoms with Crippen LogP contribution in [0.3, 0.4) is 0 Å². The number of hydrogen-bond donors (Lipinski definition) is 1. The number of carbonyl (C=O) groups is 1. The quantitative estimate of drug-likeness (QED) is 0.411. The maximum atomic E-state index is 13.0. The van der Waals surface area contributed by atoms with E-state index in [1.54, 1.807) is 41.6 Å². The van der Waals surface area contributed by atoms with Gasteiger partial charge in [-0.05, 0) is 30.5 Å². The zero-order chi connectivity index (χ0) is 25.7. The topological polar surface area (TPSA) is 88.8 Å². The molecular weight excluding hydrogens is 483 g/mol. The number of alkyl halides is 3. The van der Waals surface area contributed by atoms with Gasteiger partial charge in [0, 0.05) is 42.8 Å². The summed E-state index contributed by atoms with van der Waals surface area (Å²) >= 11 is 0. The monoisotopic (exact) mass is 505 g/mol. The summed E-state index contributed by atoms with van der Waals surface area (Å²) in [5.74, 6) is 1.89. The summed E-state index contributed by atoms with van der Waals surface area (Å²) < 4.78 is 40.4. The lowest BCUT2D eigenvalue weighted by molar-refractivity contribution is -0.140. The Morgan fingerprint density at radius 1 is 1.08 bits per heavy atom. The van der Waals surface area contributed by atoms with Crippen molar-refractivity contribution in [1.82, 2.24) is 24.5 Å². The number of hydrogen-bond acceptors (Lipinski definition) is 6. The second-order valence-corrected chi connectivity index (χ2v) is 9.27. The number of nitrogens with zero attached hydrogens (tertiary/aromatic N) is 6. The number of benzene rings is 1. The first kappa shape index (κ1) is 23.1. The molecule has 1 fully saturated rings. The van der Waals surface area contributed by atoms with E-state index in [4.69, 9.17) is 4.98 Å². The molecule has 1 saturated carbocycles. The third-order valence-electron chi connectivity index (χ3n) is 6.43. The molecule has 11 heteroatoms. The molecule has 4 heterocycles. The number of aromatic nitrogens is 5. The van der Waals surface area contributed by atoms with Crippen LogP contribution in [0.1, 0.15) is 29.7 Å². The van der Waals surface area contributed by atoms with Gasteiger partial charge in [0.1, 0.15) is 17.5 Å². The van der Waals surface area contributed by atoms with E-state index in [0.29, 0.717) is 23.2 Å². The molecule has 1 aromatic carbocycles. The average molecular weight is 506 g/mol. The third-order valence-corrected chi connectivity index (χ3v) is 6.43. The van der Waals surface area contributed by atoms with Crippen LogP contribution in [0.15, 0.2) is 55.0 Å². The van der Waals surface area contributed by atoms with E-state index >= 15 is 0 Å². The Morgan fingerprint density at radius 2 is 1.86 bits per heavy atom. The van der Waals surface area contributed by atoms with Crippen molar-refractivity contribution in [2.75, 3.05) is 10.2 Å². The number of pyridine rings is 1. The van der Waals surface area contributed by atoms with E-state index in [0.717, 1.165) is 41.5 Å². The highest BCUT2D eigenvalue weighted by Crippen LogP contribution is 2.34. The van der Waals surface area contributed by atoms with E-state index in [2.05, 4.69) is 20.3 Å². The molecule has 188 valence electrons. The molecule has 0 spiro atoms. The van der Waals surface area contributed by atoms with Crippen LogP contribution >= 0.6 is 0 Å². The fraction of sp³-hybridized carbons (Fsp3) is 0.269. The van der Waals surface area contributed by atoms with Gasteiger partial charge >= 0.3 is 6.18 Å². The Morgan fingerprint density at radius 3 is 2.57 bits per heavy atom. The van der Waals surface area contributed by atoms with Gasteiger partial charge < -0.3 is 9.88 Å². The van der Waals surface area contributed by atoms with Crippen LogP contribution in [0.4, 0.5) is 24.8 Å². The molecule has 1 N–H and O–H groups in total. The van der Waals surface area contributed by atoms with E-state index in [9.17, 15) is 18.0 Å². The second kappa shape index (κ2) is 8.68. The van der Waals surface area contributed by atoms with E-state index < -0.39 is 11.9 Å². The summed E-state index contributed by atoms with van der Waals surface area (Å²) in [6.07, 6.45) is 2.28. The number of imidazole rings is 1. The Hall–Kier alpha value is -4.28. The van der Waals surface area contributed by atoms with Gasteiger partial charge in [0.2, 0.25) is 5.91 Å². The highest BCUT2D eigenvalue weighted by atomic mass is 19.4. The van der Waals surface area contributed by atoms with Crippen molar-refractivity contribution in [1.29, 1.82) is 0 Å². The molecule has 0 radical (unpaired) electrons. The van der Waals surface area contributed by atoms with E-state index in [-0.39, 0.29) is 24.7 Å². The average Bonchev–Trinajstić information content (AvgIpc) is 3.52. The number of carbonyl (C=O) groups excluding carboxylic acids is 1. The molecular formula is C26H22F3N7O. The lowest BCUT2D eigenvalue weighted by Gasteiger charge is -2.17. The van der Waals surface area contributed by atoms with Crippen molar-refractivity contribution < 1.29 is 18.0 Å². The molecule has 2 aliphatic rings. The number of anilines is 2. The Kier molecular flexibility index (Phi) is 5.43. The first-order valence-corrected chi connectivity index (χ1v) is 11.8. The Labute approximate surface area is 210 Å². The van der Waals surface area contributed by atoms with Gasteiger partial charge in [0.05, 0.1) is 18.5 Å². The van der Waals surface area contributed by atoms with Crippen LogP contribution in [0, 0.1) is 0 Å². The van der Waals surface area contributed by atoms with Crippen molar-refractivity contribution in [3.63, 3.8) is 0 Å². The summed E-state index contributed by atoms with van der Waals surface area (Å²) in [6, 6.07) is 11.1. The van der Waals surface area contributed by atoms with Gasteiger partial charge in [-0.15, -0.1) is 0 Å². The Bertz CT molecular complexity index is 1490. The van der Waals surface area contributed by atoms with Gasteiger partial charge in [-0.3, -0.25) is 9.69 Å². The second-order valence-electron chi connectivity index (χ2n) is 9.27. The fourth-order valence-electron chi connectivity index (χ4n) is 4.36. The normalized spacial score (nSPS) is 15.2. The number of amides is 1. The summed E-state index contributed by atoms with van der Waals surface area (Å²) in [5.41, 5.74) is 1.94. The fourth-order valence-corrected chi connectivity index (χ4v) is 4.36. The van der Waals surface area contributed by atoms with Crippen molar-refractivity contribution >= 4 is 17.5 Å². The van der Waals surface area contributed by atoms with Crippen molar-refractivity contribution in [3.8, 4) is 22.8 Å². The zero-order valence-electron chi connectivity index (χ0n) is 19.8. The van der Waals surface area contributed by atoms with Crippen LogP contribution < -0.4 is 10.2 Å².